The Morgan fingerprint density at radius 3 is 2.81 bits per heavy atom. The van der Waals surface area contributed by atoms with Crippen molar-refractivity contribution >= 4 is 16.9 Å². The van der Waals surface area contributed by atoms with Gasteiger partial charge in [-0.25, -0.2) is 4.79 Å². The fourth-order valence-corrected chi connectivity index (χ4v) is 1.50. The molecule has 0 fully saturated rings. The number of hydrogen-bond donors (Lipinski definition) is 1. The summed E-state index contributed by atoms with van der Waals surface area (Å²) in [7, 11) is 0. The summed E-state index contributed by atoms with van der Waals surface area (Å²) in [4.78, 5) is 15.9. The number of rotatable bonds is 1. The maximum atomic E-state index is 10.9. The Hall–Kier alpha value is -2.30. The van der Waals surface area contributed by atoms with Gasteiger partial charge in [0.15, 0.2) is 0 Å². The second kappa shape index (κ2) is 4.06. The Kier molecular flexibility index (Phi) is 2.59. The third kappa shape index (κ3) is 1.75. The van der Waals surface area contributed by atoms with Gasteiger partial charge in [-0.2, -0.15) is 4.73 Å². The Labute approximate surface area is 91.1 Å². The smallest absolute Gasteiger partial charge is 0.329 e. The molecule has 2 rings (SSSR count). The van der Waals surface area contributed by atoms with Crippen molar-refractivity contribution < 1.29 is 14.8 Å². The highest BCUT2D eigenvalue weighted by atomic mass is 16.7. The molecule has 0 bridgehead atoms. The maximum Gasteiger partial charge on any atom is 0.329 e. The summed E-state index contributed by atoms with van der Waals surface area (Å²) >= 11 is 0. The topological polar surface area (TPSA) is 63.8 Å². The van der Waals surface area contributed by atoms with Crippen LogP contribution < -0.4 is 10.2 Å². The fourth-order valence-electron chi connectivity index (χ4n) is 1.50. The molecule has 0 saturated heterocycles. The van der Waals surface area contributed by atoms with E-state index in [-0.39, 0.29) is 0 Å². The first-order valence-corrected chi connectivity index (χ1v) is 4.70. The highest BCUT2D eigenvalue weighted by Gasteiger charge is 2.03. The molecule has 0 radical (unpaired) electrons. The van der Waals surface area contributed by atoms with Crippen LogP contribution in [0.5, 0.6) is 0 Å². The minimum Gasteiger partial charge on any atom is -0.410 e. The monoisotopic (exact) mass is 218 g/mol. The van der Waals surface area contributed by atoms with Crippen molar-refractivity contribution in [3.63, 3.8) is 0 Å². The lowest BCUT2D eigenvalue weighted by Crippen LogP contribution is -2.19. The molecule has 0 unspecified atom stereocenters. The Balaban J connectivity index is 2.75. The number of aromatic nitrogens is 1. The third-order valence-corrected chi connectivity index (χ3v) is 2.12. The van der Waals surface area contributed by atoms with Crippen LogP contribution in [0.3, 0.4) is 0 Å². The standard InChI is InChI=1S/C11H10N2O3/c1-8(14)16-13-7-6-10(12-15)9-4-2-3-5-11(9)13/h2-7,15H,1H3/b12-10-. The van der Waals surface area contributed by atoms with Crippen molar-refractivity contribution in [3.8, 4) is 0 Å². The summed E-state index contributed by atoms with van der Waals surface area (Å²) in [6, 6.07) is 8.74. The van der Waals surface area contributed by atoms with Crippen LogP contribution in [-0.2, 0) is 4.79 Å². The zero-order chi connectivity index (χ0) is 11.5. The zero-order valence-electron chi connectivity index (χ0n) is 8.62. The van der Waals surface area contributed by atoms with Crippen LogP contribution in [0.4, 0.5) is 0 Å². The third-order valence-electron chi connectivity index (χ3n) is 2.12. The van der Waals surface area contributed by atoms with Gasteiger partial charge in [0.05, 0.1) is 5.52 Å². The summed E-state index contributed by atoms with van der Waals surface area (Å²) in [6.07, 6.45) is 1.53. The molecule has 0 aliphatic heterocycles. The Morgan fingerprint density at radius 2 is 2.12 bits per heavy atom. The predicted octanol–water partition coefficient (Wildman–Crippen LogP) is 0.906. The summed E-state index contributed by atoms with van der Waals surface area (Å²) in [5, 5.41) is 13.1. The van der Waals surface area contributed by atoms with Gasteiger partial charge in [-0.15, -0.1) is 0 Å². The number of para-hydroxylation sites is 1. The van der Waals surface area contributed by atoms with E-state index in [1.807, 2.05) is 12.1 Å². The Bertz CT molecular complexity index is 601. The van der Waals surface area contributed by atoms with Gasteiger partial charge in [0.1, 0.15) is 5.36 Å². The largest absolute Gasteiger partial charge is 0.410 e. The molecule has 1 aromatic carbocycles. The number of benzene rings is 1. The van der Waals surface area contributed by atoms with Crippen molar-refractivity contribution in [1.29, 1.82) is 0 Å². The molecule has 5 nitrogen and oxygen atoms in total. The molecule has 0 amide bonds. The minimum atomic E-state index is -0.413. The van der Waals surface area contributed by atoms with Crippen LogP contribution in [0.2, 0.25) is 0 Å². The number of carbonyl (C=O) groups is 1. The van der Waals surface area contributed by atoms with E-state index >= 15 is 0 Å². The van der Waals surface area contributed by atoms with E-state index in [0.29, 0.717) is 16.3 Å². The van der Waals surface area contributed by atoms with Gasteiger partial charge < -0.3 is 10.0 Å². The van der Waals surface area contributed by atoms with Gasteiger partial charge in [-0.05, 0) is 12.1 Å². The van der Waals surface area contributed by atoms with Crippen LogP contribution in [0.25, 0.3) is 10.9 Å². The van der Waals surface area contributed by atoms with Gasteiger partial charge in [0.25, 0.3) is 0 Å². The second-order valence-electron chi connectivity index (χ2n) is 3.23. The second-order valence-corrected chi connectivity index (χ2v) is 3.23. The summed E-state index contributed by atoms with van der Waals surface area (Å²) in [6.45, 7) is 1.33. The molecule has 0 atom stereocenters. The molecule has 0 aliphatic carbocycles. The van der Waals surface area contributed by atoms with Gasteiger partial charge in [0, 0.05) is 18.5 Å². The van der Waals surface area contributed by atoms with E-state index < -0.39 is 5.97 Å². The maximum absolute atomic E-state index is 10.9. The van der Waals surface area contributed by atoms with Crippen LogP contribution in [0, 0.1) is 0 Å². The van der Waals surface area contributed by atoms with Crippen LogP contribution in [0.1, 0.15) is 6.92 Å². The van der Waals surface area contributed by atoms with E-state index in [4.69, 9.17) is 10.0 Å². The van der Waals surface area contributed by atoms with Crippen LogP contribution >= 0.6 is 0 Å². The van der Waals surface area contributed by atoms with Gasteiger partial charge in [-0.1, -0.05) is 23.4 Å². The molecule has 1 N–H and O–H groups in total. The number of fused-ring (bicyclic) bond motifs is 1. The molecular weight excluding hydrogens is 208 g/mol. The summed E-state index contributed by atoms with van der Waals surface area (Å²) < 4.78 is 1.34. The normalized spacial score (nSPS) is 11.7. The number of carbonyl (C=O) groups excluding carboxylic acids is 1. The van der Waals surface area contributed by atoms with Crippen molar-refractivity contribution in [1.82, 2.24) is 4.73 Å². The minimum absolute atomic E-state index is 0.413. The van der Waals surface area contributed by atoms with E-state index in [2.05, 4.69) is 5.16 Å². The highest BCUT2D eigenvalue weighted by molar-refractivity contribution is 5.79. The fraction of sp³-hybridized carbons (Fsp3) is 0.0909. The molecule has 0 aliphatic rings. The quantitative estimate of drug-likeness (QED) is 0.571. The van der Waals surface area contributed by atoms with E-state index in [1.165, 1.54) is 17.9 Å². The molecule has 0 saturated carbocycles. The van der Waals surface area contributed by atoms with Crippen molar-refractivity contribution in [2.75, 3.05) is 0 Å². The highest BCUT2D eigenvalue weighted by Crippen LogP contribution is 2.07. The van der Waals surface area contributed by atoms with Gasteiger partial charge >= 0.3 is 5.97 Å². The summed E-state index contributed by atoms with van der Waals surface area (Å²) in [5.74, 6) is -0.413. The Morgan fingerprint density at radius 1 is 1.38 bits per heavy atom. The lowest BCUT2D eigenvalue weighted by Gasteiger charge is -2.08. The molecule has 82 valence electrons. The van der Waals surface area contributed by atoms with E-state index in [1.54, 1.807) is 18.2 Å². The van der Waals surface area contributed by atoms with Crippen molar-refractivity contribution in [2.24, 2.45) is 5.16 Å². The van der Waals surface area contributed by atoms with Crippen LogP contribution in [0.15, 0.2) is 41.7 Å². The number of pyridine rings is 1. The molecule has 5 heteroatoms. The first-order chi connectivity index (χ1) is 7.72. The average molecular weight is 218 g/mol. The lowest BCUT2D eigenvalue weighted by molar-refractivity contribution is -0.141. The average Bonchev–Trinajstić information content (AvgIpc) is 2.29. The molecule has 1 aromatic heterocycles. The van der Waals surface area contributed by atoms with Gasteiger partial charge in [0.2, 0.25) is 0 Å². The van der Waals surface area contributed by atoms with E-state index in [9.17, 15) is 4.79 Å². The molecule has 16 heavy (non-hydrogen) atoms. The van der Waals surface area contributed by atoms with Crippen molar-refractivity contribution in [3.05, 3.63) is 41.9 Å². The van der Waals surface area contributed by atoms with Crippen LogP contribution in [-0.4, -0.2) is 15.9 Å². The first kappa shape index (κ1) is 10.2. The molecule has 0 spiro atoms. The number of nitrogens with zero attached hydrogens (tertiary/aromatic N) is 2. The number of hydrogen-bond acceptors (Lipinski definition) is 4. The van der Waals surface area contributed by atoms with Crippen molar-refractivity contribution in [2.45, 2.75) is 6.92 Å². The summed E-state index contributed by atoms with van der Waals surface area (Å²) in [5.41, 5.74) is 0.660. The SMILES string of the molecule is CC(=O)On1cc/c(=N/O)c2ccccc21. The van der Waals surface area contributed by atoms with E-state index in [0.717, 1.165) is 0 Å². The van der Waals surface area contributed by atoms with Gasteiger partial charge in [-0.3, -0.25) is 0 Å². The lowest BCUT2D eigenvalue weighted by atomic mass is 10.2. The predicted molar refractivity (Wildman–Crippen MR) is 56.5 cm³/mol. The molecular formula is C11H10N2O3. The molecule has 2 aromatic rings. The zero-order valence-corrected chi connectivity index (χ0v) is 8.62. The first-order valence-electron chi connectivity index (χ1n) is 4.70. The molecule has 1 heterocycles.